The van der Waals surface area contributed by atoms with Crippen LogP contribution in [0.4, 0.5) is 5.69 Å². The minimum absolute atomic E-state index is 0.0749. The summed E-state index contributed by atoms with van der Waals surface area (Å²) in [4.78, 5) is 47.4. The van der Waals surface area contributed by atoms with Gasteiger partial charge in [0.1, 0.15) is 6.04 Å². The number of rotatable bonds is 11. The molecular formula is C22H23Cl2N5O6. The molecule has 35 heavy (non-hydrogen) atoms. The monoisotopic (exact) mass is 523 g/mol. The molecule has 0 fully saturated rings. The number of halogens is 2. The highest BCUT2D eigenvalue weighted by molar-refractivity contribution is 6.40. The Labute approximate surface area is 210 Å². The third kappa shape index (κ3) is 8.47. The van der Waals surface area contributed by atoms with E-state index in [4.69, 9.17) is 39.5 Å². The van der Waals surface area contributed by atoms with E-state index in [2.05, 4.69) is 16.0 Å². The number of benzene rings is 2. The molecule has 2 rings (SSSR count). The van der Waals surface area contributed by atoms with Crippen LogP contribution in [-0.4, -0.2) is 52.5 Å². The standard InChI is InChI=1S/C22H23Cl2N5O6/c23-14-9-12(20(32)33)10-15(24)18(14)19(31)29-16(21(34)35)8-11-3-5-13(6-4-11)28-17(30)2-1-7-27-22(25)26/h3-6,9-10,16H,1-2,7-8H2,(H,28,30)(H,29,31)(H,32,33)(H,34,35)(H4,25,26,27)/t16-/m0/s1. The van der Waals surface area contributed by atoms with Gasteiger partial charge in [-0.2, -0.15) is 0 Å². The Balaban J connectivity index is 2.01. The van der Waals surface area contributed by atoms with E-state index in [0.29, 0.717) is 24.2 Å². The number of hydrogen-bond donors (Lipinski definition) is 7. The average Bonchev–Trinajstić information content (AvgIpc) is 2.76. The maximum atomic E-state index is 12.6. The molecule has 0 aromatic heterocycles. The zero-order valence-corrected chi connectivity index (χ0v) is 19.7. The van der Waals surface area contributed by atoms with Crippen molar-refractivity contribution in [3.05, 3.63) is 63.1 Å². The van der Waals surface area contributed by atoms with Crippen LogP contribution in [0, 0.1) is 5.41 Å². The number of carbonyl (C=O) groups excluding carboxylic acids is 2. The SMILES string of the molecule is N=C(N)NCCCC(=O)Nc1ccc(C[C@H](NC(=O)c2c(Cl)cc(C(=O)O)cc2Cl)C(=O)O)cc1. The molecule has 0 aliphatic rings. The van der Waals surface area contributed by atoms with E-state index in [-0.39, 0.29) is 45.9 Å². The number of carboxylic acid groups (broad SMARTS) is 2. The normalized spacial score (nSPS) is 11.3. The smallest absolute Gasteiger partial charge is 0.335 e. The van der Waals surface area contributed by atoms with Crippen LogP contribution in [0.5, 0.6) is 0 Å². The van der Waals surface area contributed by atoms with E-state index in [1.54, 1.807) is 24.3 Å². The summed E-state index contributed by atoms with van der Waals surface area (Å²) in [5.41, 5.74) is 5.79. The van der Waals surface area contributed by atoms with Gasteiger partial charge in [-0.3, -0.25) is 15.0 Å². The van der Waals surface area contributed by atoms with Gasteiger partial charge in [0.25, 0.3) is 5.91 Å². The molecule has 0 aliphatic heterocycles. The lowest BCUT2D eigenvalue weighted by molar-refractivity contribution is -0.139. The van der Waals surface area contributed by atoms with Crippen LogP contribution in [0.2, 0.25) is 10.0 Å². The average molecular weight is 524 g/mol. The minimum atomic E-state index is -1.33. The van der Waals surface area contributed by atoms with E-state index in [1.807, 2.05) is 0 Å². The molecule has 0 heterocycles. The highest BCUT2D eigenvalue weighted by atomic mass is 35.5. The lowest BCUT2D eigenvalue weighted by atomic mass is 10.0. The molecule has 186 valence electrons. The largest absolute Gasteiger partial charge is 0.480 e. The van der Waals surface area contributed by atoms with E-state index >= 15 is 0 Å². The Hall–Kier alpha value is -3.83. The molecule has 0 saturated heterocycles. The molecule has 0 unspecified atom stereocenters. The van der Waals surface area contributed by atoms with Gasteiger partial charge >= 0.3 is 11.9 Å². The fourth-order valence-corrected chi connectivity index (χ4v) is 3.66. The van der Waals surface area contributed by atoms with Crippen LogP contribution in [-0.2, 0) is 16.0 Å². The Bertz CT molecular complexity index is 1120. The van der Waals surface area contributed by atoms with Crippen LogP contribution >= 0.6 is 23.2 Å². The predicted octanol–water partition coefficient (Wildman–Crippen LogP) is 2.32. The van der Waals surface area contributed by atoms with Crippen molar-refractivity contribution in [1.82, 2.24) is 10.6 Å². The lowest BCUT2D eigenvalue weighted by Gasteiger charge is -2.16. The van der Waals surface area contributed by atoms with Gasteiger partial charge in [0.2, 0.25) is 5.91 Å². The molecular weight excluding hydrogens is 501 g/mol. The summed E-state index contributed by atoms with van der Waals surface area (Å²) in [6.07, 6.45) is 0.624. The Kier molecular flexibility index (Phi) is 9.86. The van der Waals surface area contributed by atoms with Crippen LogP contribution in [0.15, 0.2) is 36.4 Å². The fraction of sp³-hybridized carbons (Fsp3) is 0.227. The number of nitrogens with one attached hydrogen (secondary N) is 4. The van der Waals surface area contributed by atoms with Crippen molar-refractivity contribution in [2.24, 2.45) is 5.73 Å². The number of nitrogens with two attached hydrogens (primary N) is 1. The van der Waals surface area contributed by atoms with E-state index in [9.17, 15) is 24.3 Å². The molecule has 0 radical (unpaired) electrons. The summed E-state index contributed by atoms with van der Waals surface area (Å²) in [7, 11) is 0. The van der Waals surface area contributed by atoms with Gasteiger partial charge in [-0.05, 0) is 36.2 Å². The van der Waals surface area contributed by atoms with E-state index in [0.717, 1.165) is 12.1 Å². The molecule has 11 nitrogen and oxygen atoms in total. The van der Waals surface area contributed by atoms with Gasteiger partial charge < -0.3 is 31.9 Å². The number of amides is 2. The summed E-state index contributed by atoms with van der Waals surface area (Å²) in [6.45, 7) is 0.393. The maximum Gasteiger partial charge on any atom is 0.335 e. The number of carboxylic acids is 2. The van der Waals surface area contributed by atoms with Gasteiger partial charge in [-0.1, -0.05) is 35.3 Å². The maximum absolute atomic E-state index is 12.6. The van der Waals surface area contributed by atoms with Crippen molar-refractivity contribution in [2.45, 2.75) is 25.3 Å². The van der Waals surface area contributed by atoms with E-state index in [1.165, 1.54) is 0 Å². The van der Waals surface area contributed by atoms with Crippen LogP contribution < -0.4 is 21.7 Å². The zero-order valence-electron chi connectivity index (χ0n) is 18.2. The first-order valence-electron chi connectivity index (χ1n) is 10.2. The lowest BCUT2D eigenvalue weighted by Crippen LogP contribution is -2.42. The molecule has 2 aromatic carbocycles. The van der Waals surface area contributed by atoms with Gasteiger partial charge in [0.15, 0.2) is 5.96 Å². The number of anilines is 1. The number of carbonyl (C=O) groups is 4. The summed E-state index contributed by atoms with van der Waals surface area (Å²) in [6, 6.07) is 7.18. The van der Waals surface area contributed by atoms with Gasteiger partial charge in [0.05, 0.1) is 21.2 Å². The summed E-state index contributed by atoms with van der Waals surface area (Å²) in [5, 5.41) is 32.8. The third-order valence-corrected chi connectivity index (χ3v) is 5.29. The molecule has 8 N–H and O–H groups in total. The second kappa shape index (κ2) is 12.6. The fourth-order valence-electron chi connectivity index (χ4n) is 3.00. The van der Waals surface area contributed by atoms with Gasteiger partial charge in [0, 0.05) is 25.1 Å². The van der Waals surface area contributed by atoms with Crippen molar-refractivity contribution in [3.63, 3.8) is 0 Å². The summed E-state index contributed by atoms with van der Waals surface area (Å²) >= 11 is 12.0. The molecule has 13 heteroatoms. The first-order chi connectivity index (χ1) is 16.5. The van der Waals surface area contributed by atoms with Crippen molar-refractivity contribution < 1.29 is 29.4 Å². The molecule has 2 amide bonds. The zero-order chi connectivity index (χ0) is 26.1. The minimum Gasteiger partial charge on any atom is -0.480 e. The molecule has 0 aliphatic carbocycles. The third-order valence-electron chi connectivity index (χ3n) is 4.69. The molecule has 1 atom stereocenters. The highest BCUT2D eigenvalue weighted by Crippen LogP contribution is 2.27. The predicted molar refractivity (Wildman–Crippen MR) is 130 cm³/mol. The highest BCUT2D eigenvalue weighted by Gasteiger charge is 2.25. The number of guanidine groups is 1. The second-order valence-electron chi connectivity index (χ2n) is 7.38. The molecule has 0 spiro atoms. The second-order valence-corrected chi connectivity index (χ2v) is 8.19. The first-order valence-corrected chi connectivity index (χ1v) is 11.0. The van der Waals surface area contributed by atoms with E-state index < -0.39 is 23.9 Å². The molecule has 0 saturated carbocycles. The number of aromatic carboxylic acids is 1. The Morgan fingerprint density at radius 3 is 2.14 bits per heavy atom. The van der Waals surface area contributed by atoms with Crippen LogP contribution in [0.1, 0.15) is 39.1 Å². The Morgan fingerprint density at radius 1 is 1.03 bits per heavy atom. The quantitative estimate of drug-likeness (QED) is 0.132. The molecule has 0 bridgehead atoms. The molecule has 2 aromatic rings. The van der Waals surface area contributed by atoms with Crippen molar-refractivity contribution in [1.29, 1.82) is 5.41 Å². The summed E-state index contributed by atoms with van der Waals surface area (Å²) < 4.78 is 0. The van der Waals surface area contributed by atoms with Gasteiger partial charge in [-0.25, -0.2) is 9.59 Å². The van der Waals surface area contributed by atoms with Crippen LogP contribution in [0.3, 0.4) is 0 Å². The topological polar surface area (TPSA) is 195 Å². The van der Waals surface area contributed by atoms with Crippen molar-refractivity contribution >= 4 is 58.6 Å². The van der Waals surface area contributed by atoms with Crippen LogP contribution in [0.25, 0.3) is 0 Å². The van der Waals surface area contributed by atoms with Crippen molar-refractivity contribution in [3.8, 4) is 0 Å². The first kappa shape index (κ1) is 27.4. The van der Waals surface area contributed by atoms with Gasteiger partial charge in [-0.15, -0.1) is 0 Å². The number of aliphatic carboxylic acids is 1. The Morgan fingerprint density at radius 2 is 1.63 bits per heavy atom. The van der Waals surface area contributed by atoms with Crippen molar-refractivity contribution in [2.75, 3.05) is 11.9 Å². The number of hydrogen-bond acceptors (Lipinski definition) is 5. The summed E-state index contributed by atoms with van der Waals surface area (Å²) in [5.74, 6) is -3.86.